The van der Waals surface area contributed by atoms with Crippen LogP contribution >= 0.6 is 0 Å². The lowest BCUT2D eigenvalue weighted by Gasteiger charge is -2.47. The van der Waals surface area contributed by atoms with Crippen LogP contribution in [-0.2, 0) is 9.47 Å². The molecule has 2 fully saturated rings. The first-order chi connectivity index (χ1) is 17.5. The molecule has 1 aliphatic carbocycles. The molecule has 0 unspecified atom stereocenters. The van der Waals surface area contributed by atoms with E-state index in [0.717, 1.165) is 31.6 Å². The number of hydrazine groups is 1. The van der Waals surface area contributed by atoms with Gasteiger partial charge < -0.3 is 14.4 Å². The first-order valence-electron chi connectivity index (χ1n) is 12.6. The second-order valence-electron chi connectivity index (χ2n) is 9.61. The maximum absolute atomic E-state index is 12.5. The summed E-state index contributed by atoms with van der Waals surface area (Å²) >= 11 is 0. The van der Waals surface area contributed by atoms with Crippen molar-refractivity contribution in [1.82, 2.24) is 10.9 Å². The normalized spacial score (nSPS) is 17.8. The zero-order chi connectivity index (χ0) is 25.5. The van der Waals surface area contributed by atoms with Crippen LogP contribution in [0.3, 0.4) is 0 Å². The van der Waals surface area contributed by atoms with Crippen LogP contribution in [0, 0.1) is 5.92 Å². The number of nitrogens with zero attached hydrogens (tertiary/aromatic N) is 1. The highest BCUT2D eigenvalue weighted by Gasteiger charge is 2.41. The van der Waals surface area contributed by atoms with Crippen LogP contribution in [0.4, 0.5) is 5.69 Å². The third-order valence-electron chi connectivity index (χ3n) is 7.72. The van der Waals surface area contributed by atoms with Crippen LogP contribution in [0.5, 0.6) is 0 Å². The molecule has 0 atom stereocenters. The number of piperidine rings is 1. The lowest BCUT2D eigenvalue weighted by molar-refractivity contribution is -0.0856. The summed E-state index contributed by atoms with van der Waals surface area (Å²) in [5.74, 6) is -0.712. The lowest BCUT2D eigenvalue weighted by Crippen LogP contribution is -2.50. The van der Waals surface area contributed by atoms with Crippen molar-refractivity contribution in [2.24, 2.45) is 5.92 Å². The highest BCUT2D eigenvalue weighted by atomic mass is 16.5. The number of benzene rings is 2. The van der Waals surface area contributed by atoms with E-state index >= 15 is 0 Å². The SMILES string of the molecule is COC(=O)c1ccc(C(=O)NNC(=O)c2ccc(N3CCC(OC)(C4CCCCC4)CC3)cc2)cc1. The molecular weight excluding hydrogens is 458 g/mol. The number of anilines is 1. The first-order valence-corrected chi connectivity index (χ1v) is 12.6. The number of esters is 1. The van der Waals surface area contributed by atoms with Gasteiger partial charge in [-0.05, 0) is 80.1 Å². The Labute approximate surface area is 212 Å². The molecule has 0 aromatic heterocycles. The van der Waals surface area contributed by atoms with Gasteiger partial charge >= 0.3 is 5.97 Å². The number of amides is 2. The minimum Gasteiger partial charge on any atom is -0.465 e. The summed E-state index contributed by atoms with van der Waals surface area (Å²) < 4.78 is 10.8. The Bertz CT molecular complexity index is 1050. The number of hydrogen-bond acceptors (Lipinski definition) is 6. The summed E-state index contributed by atoms with van der Waals surface area (Å²) in [7, 11) is 3.16. The molecule has 1 heterocycles. The van der Waals surface area contributed by atoms with E-state index in [2.05, 4.69) is 20.5 Å². The summed E-state index contributed by atoms with van der Waals surface area (Å²) in [5, 5.41) is 0. The molecule has 2 aromatic carbocycles. The van der Waals surface area contributed by atoms with E-state index in [-0.39, 0.29) is 5.60 Å². The van der Waals surface area contributed by atoms with Gasteiger partial charge in [-0.2, -0.15) is 0 Å². The van der Waals surface area contributed by atoms with Crippen molar-refractivity contribution < 1.29 is 23.9 Å². The number of nitrogens with one attached hydrogen (secondary N) is 2. The number of ether oxygens (including phenoxy) is 2. The van der Waals surface area contributed by atoms with Gasteiger partial charge in [0.2, 0.25) is 0 Å². The Morgan fingerprint density at radius 3 is 1.78 bits per heavy atom. The molecule has 1 saturated carbocycles. The van der Waals surface area contributed by atoms with E-state index in [1.54, 1.807) is 12.1 Å². The highest BCUT2D eigenvalue weighted by molar-refractivity contribution is 5.99. The van der Waals surface area contributed by atoms with Crippen molar-refractivity contribution in [2.45, 2.75) is 50.5 Å². The highest BCUT2D eigenvalue weighted by Crippen LogP contribution is 2.42. The zero-order valence-corrected chi connectivity index (χ0v) is 21.0. The molecule has 0 bridgehead atoms. The fraction of sp³-hybridized carbons (Fsp3) is 0.464. The van der Waals surface area contributed by atoms with Crippen molar-refractivity contribution >= 4 is 23.5 Å². The summed E-state index contributed by atoms with van der Waals surface area (Å²) in [6.07, 6.45) is 8.54. The van der Waals surface area contributed by atoms with E-state index in [0.29, 0.717) is 22.6 Å². The minimum atomic E-state index is -0.482. The van der Waals surface area contributed by atoms with Crippen LogP contribution in [0.15, 0.2) is 48.5 Å². The summed E-state index contributed by atoms with van der Waals surface area (Å²) in [4.78, 5) is 38.7. The molecule has 2 aliphatic rings. The monoisotopic (exact) mass is 493 g/mol. The molecule has 2 aromatic rings. The molecule has 1 saturated heterocycles. The molecule has 2 amide bonds. The minimum absolute atomic E-state index is 0.00537. The van der Waals surface area contributed by atoms with E-state index in [9.17, 15) is 14.4 Å². The van der Waals surface area contributed by atoms with Gasteiger partial charge in [-0.15, -0.1) is 0 Å². The zero-order valence-electron chi connectivity index (χ0n) is 21.0. The number of carbonyl (C=O) groups excluding carboxylic acids is 3. The molecule has 8 heteroatoms. The van der Waals surface area contributed by atoms with E-state index in [1.807, 2.05) is 19.2 Å². The molecular formula is C28H35N3O5. The van der Waals surface area contributed by atoms with Gasteiger partial charge in [0.05, 0.1) is 18.3 Å². The molecule has 0 spiro atoms. The van der Waals surface area contributed by atoms with Crippen molar-refractivity contribution in [2.75, 3.05) is 32.2 Å². The Hall–Kier alpha value is -3.39. The third-order valence-corrected chi connectivity index (χ3v) is 7.72. The van der Waals surface area contributed by atoms with Crippen molar-refractivity contribution in [3.05, 3.63) is 65.2 Å². The predicted molar refractivity (Wildman–Crippen MR) is 137 cm³/mol. The fourth-order valence-electron chi connectivity index (χ4n) is 5.51. The molecule has 8 nitrogen and oxygen atoms in total. The average molecular weight is 494 g/mol. The average Bonchev–Trinajstić information content (AvgIpc) is 2.96. The number of hydrogen-bond donors (Lipinski definition) is 2. The molecule has 2 N–H and O–H groups in total. The predicted octanol–water partition coefficient (Wildman–Crippen LogP) is 4.11. The third kappa shape index (κ3) is 5.70. The largest absolute Gasteiger partial charge is 0.465 e. The van der Waals surface area contributed by atoms with Crippen LogP contribution in [-0.4, -0.2) is 50.7 Å². The van der Waals surface area contributed by atoms with Gasteiger partial charge in [0.1, 0.15) is 0 Å². The second kappa shape index (κ2) is 11.6. The van der Waals surface area contributed by atoms with E-state index in [4.69, 9.17) is 4.74 Å². The molecule has 192 valence electrons. The Morgan fingerprint density at radius 2 is 1.28 bits per heavy atom. The second-order valence-corrected chi connectivity index (χ2v) is 9.61. The summed E-state index contributed by atoms with van der Waals surface area (Å²) in [5.41, 5.74) is 7.02. The van der Waals surface area contributed by atoms with E-state index < -0.39 is 17.8 Å². The number of carbonyl (C=O) groups is 3. The van der Waals surface area contributed by atoms with Crippen molar-refractivity contribution in [3.63, 3.8) is 0 Å². The van der Waals surface area contributed by atoms with Gasteiger partial charge in [-0.1, -0.05) is 19.3 Å². The fourth-order valence-corrected chi connectivity index (χ4v) is 5.51. The van der Waals surface area contributed by atoms with Gasteiger partial charge in [-0.3, -0.25) is 20.4 Å². The Balaban J connectivity index is 1.29. The van der Waals surface area contributed by atoms with Gasteiger partial charge in [-0.25, -0.2) is 4.79 Å². The summed E-state index contributed by atoms with van der Waals surface area (Å²) in [6, 6.07) is 13.4. The van der Waals surface area contributed by atoms with Crippen LogP contribution in [0.25, 0.3) is 0 Å². The van der Waals surface area contributed by atoms with Gasteiger partial charge in [0.25, 0.3) is 11.8 Å². The number of methoxy groups -OCH3 is 2. The van der Waals surface area contributed by atoms with Gasteiger partial charge in [0.15, 0.2) is 0 Å². The molecule has 1 aliphatic heterocycles. The van der Waals surface area contributed by atoms with Gasteiger partial charge in [0, 0.05) is 37.0 Å². The molecule has 36 heavy (non-hydrogen) atoms. The summed E-state index contributed by atoms with van der Waals surface area (Å²) in [6.45, 7) is 1.86. The maximum atomic E-state index is 12.5. The van der Waals surface area contributed by atoms with Crippen LogP contribution in [0.1, 0.15) is 76.0 Å². The first kappa shape index (κ1) is 25.7. The topological polar surface area (TPSA) is 97.0 Å². The van der Waals surface area contributed by atoms with Crippen LogP contribution < -0.4 is 15.8 Å². The number of rotatable bonds is 6. The van der Waals surface area contributed by atoms with Crippen molar-refractivity contribution in [1.29, 1.82) is 0 Å². The lowest BCUT2D eigenvalue weighted by atomic mass is 9.72. The smallest absolute Gasteiger partial charge is 0.337 e. The quantitative estimate of drug-likeness (QED) is 0.464. The Kier molecular flexibility index (Phi) is 8.25. The van der Waals surface area contributed by atoms with Crippen LogP contribution in [0.2, 0.25) is 0 Å². The molecule has 0 radical (unpaired) electrons. The Morgan fingerprint density at radius 1 is 0.778 bits per heavy atom. The standard InChI is InChI=1S/C28H35N3O5/c1-35-27(34)22-10-8-20(9-11-22)25(32)29-30-26(33)21-12-14-24(15-13-21)31-18-16-28(36-2,17-19-31)23-6-4-3-5-7-23/h8-15,23H,3-7,16-19H2,1-2H3,(H,29,32)(H,30,33). The van der Waals surface area contributed by atoms with E-state index in [1.165, 1.54) is 63.5 Å². The molecule has 4 rings (SSSR count). The van der Waals surface area contributed by atoms with Crippen molar-refractivity contribution in [3.8, 4) is 0 Å². The maximum Gasteiger partial charge on any atom is 0.337 e.